The van der Waals surface area contributed by atoms with E-state index in [1.807, 2.05) is 36.4 Å². The first kappa shape index (κ1) is 29.5. The predicted octanol–water partition coefficient (Wildman–Crippen LogP) is 6.37. The molecule has 2 aliphatic rings. The van der Waals surface area contributed by atoms with Crippen LogP contribution in [0.2, 0.25) is 0 Å². The van der Waals surface area contributed by atoms with E-state index in [9.17, 15) is 9.59 Å². The highest BCUT2D eigenvalue weighted by Gasteiger charge is 2.37. The molecule has 1 aromatic heterocycles. The second-order valence-electron chi connectivity index (χ2n) is 12.2. The molecule has 1 fully saturated rings. The molecule has 1 spiro atoms. The molecule has 2 amide bonds. The molecule has 2 N–H and O–H groups in total. The van der Waals surface area contributed by atoms with Crippen LogP contribution in [0.4, 0.5) is 4.79 Å². The summed E-state index contributed by atoms with van der Waals surface area (Å²) in [5.41, 5.74) is 5.65. The number of alkyl carbamates (subject to hydrolysis) is 1. The zero-order valence-electron chi connectivity index (χ0n) is 25.2. The molecule has 2 aromatic carbocycles. The molecule has 9 heteroatoms. The van der Waals surface area contributed by atoms with E-state index < -0.39 is 23.6 Å². The number of aryl methyl sites for hydroxylation is 1. The van der Waals surface area contributed by atoms with E-state index in [0.717, 1.165) is 53.7 Å². The molecule has 1 aliphatic heterocycles. The summed E-state index contributed by atoms with van der Waals surface area (Å²) in [6.07, 6.45) is 7.48. The number of benzene rings is 2. The minimum atomic E-state index is -0.822. The van der Waals surface area contributed by atoms with E-state index >= 15 is 0 Å². The molecule has 0 bridgehead atoms. The highest BCUT2D eigenvalue weighted by molar-refractivity contribution is 5.94. The second-order valence-corrected chi connectivity index (χ2v) is 12.2. The van der Waals surface area contributed by atoms with Crippen LogP contribution in [0, 0.1) is 0 Å². The standard InChI is InChI=1S/C33H41N3O6/c1-6-26(34-31(38)42-32(2,3)4)30(37)36-35-29-19-24(21-10-12-23(39-5)13-11-21)25-18-22-14-17-33(15-8-7-9-16-33)41-27(22)20-28(25)40-29/h10-13,18-20,26H,6-9,14-17H2,1-5H3,(H,34,38)(H,36,37). The zero-order valence-corrected chi connectivity index (χ0v) is 25.2. The van der Waals surface area contributed by atoms with Gasteiger partial charge in [-0.25, -0.2) is 10.2 Å². The molecule has 9 nitrogen and oxygen atoms in total. The Bertz CT molecular complexity index is 1510. The first-order chi connectivity index (χ1) is 20.1. The Kier molecular flexibility index (Phi) is 8.48. The van der Waals surface area contributed by atoms with Gasteiger partial charge in [-0.15, -0.1) is 5.10 Å². The van der Waals surface area contributed by atoms with E-state index in [2.05, 4.69) is 21.9 Å². The van der Waals surface area contributed by atoms with Crippen LogP contribution >= 0.6 is 0 Å². The maximum atomic E-state index is 13.0. The summed E-state index contributed by atoms with van der Waals surface area (Å²) in [5, 5.41) is 7.84. The maximum absolute atomic E-state index is 13.0. The predicted molar refractivity (Wildman–Crippen MR) is 160 cm³/mol. The number of nitrogens with one attached hydrogen (secondary N) is 2. The van der Waals surface area contributed by atoms with Crippen LogP contribution in [0.5, 0.6) is 11.5 Å². The van der Waals surface area contributed by atoms with Crippen molar-refractivity contribution in [1.29, 1.82) is 0 Å². The average molecular weight is 576 g/mol. The van der Waals surface area contributed by atoms with Gasteiger partial charge < -0.3 is 23.9 Å². The lowest BCUT2D eigenvalue weighted by Gasteiger charge is -2.41. The van der Waals surface area contributed by atoms with Crippen molar-refractivity contribution in [1.82, 2.24) is 10.7 Å². The van der Waals surface area contributed by atoms with Crippen LogP contribution in [0.25, 0.3) is 22.1 Å². The third-order valence-corrected chi connectivity index (χ3v) is 7.97. The first-order valence-corrected chi connectivity index (χ1v) is 14.9. The number of hydrogen-bond donors (Lipinski definition) is 2. The number of amides is 2. The Balaban J connectivity index is 1.49. The van der Waals surface area contributed by atoms with Crippen molar-refractivity contribution < 1.29 is 28.2 Å². The average Bonchev–Trinajstić information content (AvgIpc) is 2.97. The summed E-state index contributed by atoms with van der Waals surface area (Å²) in [7, 11) is 1.64. The maximum Gasteiger partial charge on any atom is 0.408 e. The second kappa shape index (κ2) is 12.1. The van der Waals surface area contributed by atoms with Gasteiger partial charge >= 0.3 is 6.09 Å². The van der Waals surface area contributed by atoms with Gasteiger partial charge in [-0.3, -0.25) is 4.79 Å². The molecule has 1 atom stereocenters. The fourth-order valence-electron chi connectivity index (χ4n) is 5.79. The smallest absolute Gasteiger partial charge is 0.408 e. The lowest BCUT2D eigenvalue weighted by Crippen LogP contribution is -2.47. The summed E-state index contributed by atoms with van der Waals surface area (Å²) in [5.74, 6) is 1.14. The van der Waals surface area contributed by atoms with Gasteiger partial charge in [0.25, 0.3) is 5.91 Å². The minimum absolute atomic E-state index is 0.0933. The van der Waals surface area contributed by atoms with E-state index in [-0.39, 0.29) is 11.2 Å². The molecule has 1 saturated carbocycles. The van der Waals surface area contributed by atoms with E-state index in [1.54, 1.807) is 34.8 Å². The number of nitrogens with zero attached hydrogens (tertiary/aromatic N) is 1. The van der Waals surface area contributed by atoms with E-state index in [4.69, 9.17) is 18.6 Å². The molecule has 1 unspecified atom stereocenters. The van der Waals surface area contributed by atoms with Crippen LogP contribution < -0.4 is 25.8 Å². The minimum Gasteiger partial charge on any atom is -0.497 e. The molecule has 224 valence electrons. The van der Waals surface area contributed by atoms with Gasteiger partial charge in [0.05, 0.1) is 7.11 Å². The molecular formula is C33H41N3O6. The number of carbonyl (C=O) groups is 2. The Morgan fingerprint density at radius 3 is 2.45 bits per heavy atom. The van der Waals surface area contributed by atoms with Crippen molar-refractivity contribution in [3.05, 3.63) is 53.6 Å². The Morgan fingerprint density at radius 1 is 1.05 bits per heavy atom. The van der Waals surface area contributed by atoms with Crippen molar-refractivity contribution in [3.8, 4) is 22.6 Å². The van der Waals surface area contributed by atoms with Gasteiger partial charge in [0.2, 0.25) is 5.55 Å². The first-order valence-electron chi connectivity index (χ1n) is 14.9. The number of hydrogen-bond acceptors (Lipinski definition) is 7. The van der Waals surface area contributed by atoms with Crippen molar-refractivity contribution in [2.24, 2.45) is 5.10 Å². The highest BCUT2D eigenvalue weighted by Crippen LogP contribution is 2.44. The Labute approximate surface area is 246 Å². The summed E-state index contributed by atoms with van der Waals surface area (Å²) in [6.45, 7) is 7.09. The molecule has 42 heavy (non-hydrogen) atoms. The van der Waals surface area contributed by atoms with Gasteiger partial charge in [-0.05, 0) is 101 Å². The third-order valence-electron chi connectivity index (χ3n) is 7.97. The Morgan fingerprint density at radius 2 is 1.79 bits per heavy atom. The number of methoxy groups -OCH3 is 1. The fourth-order valence-corrected chi connectivity index (χ4v) is 5.79. The van der Waals surface area contributed by atoms with Gasteiger partial charge in [0.1, 0.15) is 34.3 Å². The quantitative estimate of drug-likeness (QED) is 0.330. The number of ether oxygens (including phenoxy) is 3. The summed E-state index contributed by atoms with van der Waals surface area (Å²) in [4.78, 5) is 25.2. The van der Waals surface area contributed by atoms with Crippen molar-refractivity contribution in [2.45, 2.75) is 96.3 Å². The highest BCUT2D eigenvalue weighted by atomic mass is 16.6. The molecule has 2 heterocycles. The number of rotatable bonds is 6. The number of fused-ring (bicyclic) bond motifs is 2. The molecule has 5 rings (SSSR count). The van der Waals surface area contributed by atoms with Crippen LogP contribution in [0.1, 0.15) is 78.2 Å². The zero-order chi connectivity index (χ0) is 29.9. The monoisotopic (exact) mass is 575 g/mol. The van der Waals surface area contributed by atoms with Gasteiger partial charge in [0, 0.05) is 17.5 Å². The van der Waals surface area contributed by atoms with Crippen molar-refractivity contribution >= 4 is 23.0 Å². The van der Waals surface area contributed by atoms with E-state index in [0.29, 0.717) is 12.0 Å². The summed E-state index contributed by atoms with van der Waals surface area (Å²) in [6, 6.07) is 12.9. The molecule has 0 radical (unpaired) electrons. The topological polar surface area (TPSA) is 111 Å². The van der Waals surface area contributed by atoms with Crippen LogP contribution in [-0.4, -0.2) is 36.4 Å². The van der Waals surface area contributed by atoms with Gasteiger partial charge in [-0.2, -0.15) is 0 Å². The van der Waals surface area contributed by atoms with E-state index in [1.165, 1.54) is 24.8 Å². The number of carbonyl (C=O) groups excluding carboxylic acids is 2. The molecule has 0 saturated heterocycles. The largest absolute Gasteiger partial charge is 0.497 e. The third kappa shape index (κ3) is 6.72. The molecule has 1 aliphatic carbocycles. The van der Waals surface area contributed by atoms with Crippen LogP contribution in [-0.2, 0) is 16.0 Å². The summed E-state index contributed by atoms with van der Waals surface area (Å²) >= 11 is 0. The van der Waals surface area contributed by atoms with Crippen LogP contribution in [0.15, 0.2) is 52.0 Å². The SMILES string of the molecule is CCC(NC(=O)OC(C)(C)C)C(=O)NN=c1cc(-c2ccc(OC)cc2)c2cc3c(cc2o1)OC1(CCCCC1)CC3. The molecular weight excluding hydrogens is 534 g/mol. The Hall–Kier alpha value is -4.01. The normalized spacial score (nSPS) is 17.2. The van der Waals surface area contributed by atoms with Gasteiger partial charge in [0.15, 0.2) is 0 Å². The van der Waals surface area contributed by atoms with Gasteiger partial charge in [-0.1, -0.05) is 25.5 Å². The van der Waals surface area contributed by atoms with Crippen molar-refractivity contribution in [3.63, 3.8) is 0 Å². The fraction of sp³-hybridized carbons (Fsp3) is 0.485. The lowest BCUT2D eigenvalue weighted by molar-refractivity contribution is -0.123. The summed E-state index contributed by atoms with van der Waals surface area (Å²) < 4.78 is 23.6. The van der Waals surface area contributed by atoms with Crippen LogP contribution in [0.3, 0.4) is 0 Å². The van der Waals surface area contributed by atoms with Crippen molar-refractivity contribution in [2.75, 3.05) is 7.11 Å². The lowest BCUT2D eigenvalue weighted by atomic mass is 9.79. The molecule has 3 aromatic rings.